The fourth-order valence-corrected chi connectivity index (χ4v) is 4.05. The van der Waals surface area contributed by atoms with Crippen LogP contribution in [0.2, 0.25) is 0 Å². The van der Waals surface area contributed by atoms with Crippen LogP contribution in [-0.2, 0) is 29.0 Å². The maximum absolute atomic E-state index is 12.9. The molecule has 0 spiro atoms. The Kier molecular flexibility index (Phi) is 8.17. The molecule has 1 amide bonds. The van der Waals surface area contributed by atoms with Gasteiger partial charge in [-0.3, -0.25) is 9.89 Å². The van der Waals surface area contributed by atoms with Gasteiger partial charge in [0.25, 0.3) is 0 Å². The lowest BCUT2D eigenvalue weighted by Crippen LogP contribution is -2.54. The highest BCUT2D eigenvalue weighted by Gasteiger charge is 2.49. The van der Waals surface area contributed by atoms with Crippen LogP contribution in [0.25, 0.3) is 0 Å². The molecule has 2 aliphatic heterocycles. The number of fused-ring (bicyclic) bond motifs is 1. The molecule has 3 heterocycles. The number of aliphatic imine (C=N–C) groups is 1. The summed E-state index contributed by atoms with van der Waals surface area (Å²) in [5.41, 5.74) is -1.33. The largest absolute Gasteiger partial charge is 0.444 e. The summed E-state index contributed by atoms with van der Waals surface area (Å²) in [7, 11) is 1.72. The normalized spacial score (nSPS) is 22.7. The Hall–Kier alpha value is -1.63. The van der Waals surface area contributed by atoms with E-state index in [1.165, 1.54) is 0 Å². The average molecular weight is 549 g/mol. The monoisotopic (exact) mass is 549 g/mol. The van der Waals surface area contributed by atoms with Crippen LogP contribution in [0.3, 0.4) is 0 Å². The quantitative estimate of drug-likeness (QED) is 0.337. The summed E-state index contributed by atoms with van der Waals surface area (Å²) < 4.78 is 13.8. The number of amides is 1. The van der Waals surface area contributed by atoms with Crippen LogP contribution in [0.5, 0.6) is 0 Å². The summed E-state index contributed by atoms with van der Waals surface area (Å²) in [6, 6.07) is -0.203. The number of guanidine groups is 1. The topological polar surface area (TPSA) is 106 Å². The van der Waals surface area contributed by atoms with Crippen LogP contribution in [0.4, 0.5) is 4.79 Å². The molecule has 0 aromatic carbocycles. The predicted octanol–water partition coefficient (Wildman–Crippen LogP) is 2.27. The number of aryl methyl sites for hydroxylation is 1. The summed E-state index contributed by atoms with van der Waals surface area (Å²) in [6.07, 6.45) is 1.56. The Labute approximate surface area is 201 Å². The van der Waals surface area contributed by atoms with Crippen molar-refractivity contribution < 1.29 is 14.3 Å². The molecule has 1 saturated heterocycles. The highest BCUT2D eigenvalue weighted by molar-refractivity contribution is 14.0. The number of aromatic nitrogens is 3. The van der Waals surface area contributed by atoms with Gasteiger partial charge in [-0.25, -0.2) is 4.79 Å². The van der Waals surface area contributed by atoms with Gasteiger partial charge in [-0.1, -0.05) is 0 Å². The minimum atomic E-state index is -0.757. The maximum Gasteiger partial charge on any atom is 0.412 e. The van der Waals surface area contributed by atoms with Gasteiger partial charge < -0.3 is 24.7 Å². The summed E-state index contributed by atoms with van der Waals surface area (Å²) in [4.78, 5) is 18.8. The molecule has 0 radical (unpaired) electrons. The van der Waals surface area contributed by atoms with E-state index in [0.717, 1.165) is 31.0 Å². The van der Waals surface area contributed by atoms with Gasteiger partial charge in [0.2, 0.25) is 0 Å². The van der Waals surface area contributed by atoms with Crippen molar-refractivity contribution in [1.82, 2.24) is 30.3 Å². The lowest BCUT2D eigenvalue weighted by Gasteiger charge is -2.35. The molecule has 2 N–H and O–H groups in total. The molecule has 1 aromatic heterocycles. The van der Waals surface area contributed by atoms with Crippen molar-refractivity contribution in [3.63, 3.8) is 0 Å². The van der Waals surface area contributed by atoms with Gasteiger partial charge in [-0.05, 0) is 48.0 Å². The Morgan fingerprint density at radius 3 is 2.68 bits per heavy atom. The molecule has 3 rings (SSSR count). The molecular formula is C20H36IN7O3. The predicted molar refractivity (Wildman–Crippen MR) is 128 cm³/mol. The molecular weight excluding hydrogens is 513 g/mol. The standard InChI is InChI=1S/C20H35N7O3.HI/c1-13-14(27(20(5,6)29-13)18(28)30-19(2,3)4)11-22-17(21-7)23-12-16-25-24-15-9-8-10-26(15)16;/h13-14H,8-12H2,1-7H3,(H2,21,22,23);1H. The molecule has 0 aliphatic carbocycles. The van der Waals surface area contributed by atoms with E-state index in [1.54, 1.807) is 11.9 Å². The first-order valence-electron chi connectivity index (χ1n) is 10.6. The van der Waals surface area contributed by atoms with Gasteiger partial charge in [0.15, 0.2) is 11.8 Å². The minimum absolute atomic E-state index is 0. The minimum Gasteiger partial charge on any atom is -0.444 e. The lowest BCUT2D eigenvalue weighted by atomic mass is 10.1. The van der Waals surface area contributed by atoms with Gasteiger partial charge in [0.1, 0.15) is 17.2 Å². The second-order valence-corrected chi connectivity index (χ2v) is 9.28. The van der Waals surface area contributed by atoms with Gasteiger partial charge in [-0.2, -0.15) is 0 Å². The molecule has 10 nitrogen and oxygen atoms in total. The van der Waals surface area contributed by atoms with E-state index < -0.39 is 11.3 Å². The Balaban J connectivity index is 0.00000341. The molecule has 1 aromatic rings. The Morgan fingerprint density at radius 1 is 1.32 bits per heavy atom. The first kappa shape index (κ1) is 25.6. The molecule has 31 heavy (non-hydrogen) atoms. The number of nitrogens with one attached hydrogen (secondary N) is 2. The zero-order chi connectivity index (χ0) is 22.1. The smallest absolute Gasteiger partial charge is 0.412 e. The summed E-state index contributed by atoms with van der Waals surface area (Å²) in [6.45, 7) is 13.3. The van der Waals surface area contributed by atoms with E-state index in [4.69, 9.17) is 9.47 Å². The molecule has 2 unspecified atom stereocenters. The number of halogens is 1. The second-order valence-electron chi connectivity index (χ2n) is 9.28. The van der Waals surface area contributed by atoms with E-state index in [-0.39, 0.29) is 42.2 Å². The first-order valence-corrected chi connectivity index (χ1v) is 10.6. The molecule has 176 valence electrons. The van der Waals surface area contributed by atoms with Crippen LogP contribution in [-0.4, -0.2) is 68.8 Å². The van der Waals surface area contributed by atoms with Gasteiger partial charge in [0, 0.05) is 26.6 Å². The summed E-state index contributed by atoms with van der Waals surface area (Å²) in [5, 5.41) is 15.1. The molecule has 1 fully saturated rings. The Bertz CT molecular complexity index is 803. The first-order chi connectivity index (χ1) is 14.0. The van der Waals surface area contributed by atoms with Gasteiger partial charge in [0.05, 0.1) is 18.7 Å². The zero-order valence-corrected chi connectivity index (χ0v) is 21.9. The van der Waals surface area contributed by atoms with E-state index in [0.29, 0.717) is 19.0 Å². The van der Waals surface area contributed by atoms with Crippen molar-refractivity contribution in [3.8, 4) is 0 Å². The number of hydrogen-bond donors (Lipinski definition) is 2. The second kappa shape index (κ2) is 9.88. The number of hydrogen-bond acceptors (Lipinski definition) is 6. The number of rotatable bonds is 4. The molecule has 2 aliphatic rings. The summed E-state index contributed by atoms with van der Waals surface area (Å²) in [5.74, 6) is 2.58. The van der Waals surface area contributed by atoms with Crippen molar-refractivity contribution in [1.29, 1.82) is 0 Å². The third kappa shape index (κ3) is 5.99. The summed E-state index contributed by atoms with van der Waals surface area (Å²) >= 11 is 0. The van der Waals surface area contributed by atoms with Crippen LogP contribution in [0.1, 0.15) is 59.6 Å². The van der Waals surface area contributed by atoms with E-state index in [1.807, 2.05) is 41.5 Å². The molecule has 2 atom stereocenters. The zero-order valence-electron chi connectivity index (χ0n) is 19.6. The highest BCUT2D eigenvalue weighted by atomic mass is 127. The van der Waals surface area contributed by atoms with Crippen molar-refractivity contribution >= 4 is 36.0 Å². The molecule has 0 saturated carbocycles. The number of carbonyl (C=O) groups is 1. The number of nitrogens with zero attached hydrogens (tertiary/aromatic N) is 5. The molecule has 11 heteroatoms. The highest BCUT2D eigenvalue weighted by Crippen LogP contribution is 2.33. The van der Waals surface area contributed by atoms with Crippen molar-refractivity contribution in [2.75, 3.05) is 13.6 Å². The number of ether oxygens (including phenoxy) is 2. The van der Waals surface area contributed by atoms with Gasteiger partial charge in [-0.15, -0.1) is 34.2 Å². The fourth-order valence-electron chi connectivity index (χ4n) is 4.05. The SMILES string of the molecule is CN=C(NCc1nnc2n1CCC2)NCC1C(C)OC(C)(C)N1C(=O)OC(C)(C)C.I. The van der Waals surface area contributed by atoms with E-state index >= 15 is 0 Å². The third-order valence-electron chi connectivity index (χ3n) is 5.32. The Morgan fingerprint density at radius 2 is 2.03 bits per heavy atom. The van der Waals surface area contributed by atoms with Crippen molar-refractivity contribution in [2.24, 2.45) is 4.99 Å². The third-order valence-corrected chi connectivity index (χ3v) is 5.32. The van der Waals surface area contributed by atoms with Crippen LogP contribution in [0, 0.1) is 0 Å². The lowest BCUT2D eigenvalue weighted by molar-refractivity contribution is -0.0755. The molecule has 0 bridgehead atoms. The van der Waals surface area contributed by atoms with E-state index in [2.05, 4.69) is 30.4 Å². The van der Waals surface area contributed by atoms with Crippen molar-refractivity contribution in [3.05, 3.63) is 11.6 Å². The van der Waals surface area contributed by atoms with Crippen molar-refractivity contribution in [2.45, 2.75) is 90.9 Å². The maximum atomic E-state index is 12.9. The van der Waals surface area contributed by atoms with Crippen LogP contribution >= 0.6 is 24.0 Å². The van der Waals surface area contributed by atoms with Crippen LogP contribution < -0.4 is 10.6 Å². The number of carbonyl (C=O) groups excluding carboxylic acids is 1. The van der Waals surface area contributed by atoms with Gasteiger partial charge >= 0.3 is 6.09 Å². The average Bonchev–Trinajstić information content (AvgIpc) is 3.27. The van der Waals surface area contributed by atoms with E-state index in [9.17, 15) is 4.79 Å². The fraction of sp³-hybridized carbons (Fsp3) is 0.800. The van der Waals surface area contributed by atoms with Crippen LogP contribution in [0.15, 0.2) is 4.99 Å².